The van der Waals surface area contributed by atoms with Gasteiger partial charge < -0.3 is 25.3 Å². The van der Waals surface area contributed by atoms with Gasteiger partial charge in [-0.3, -0.25) is 14.8 Å². The maximum absolute atomic E-state index is 12.3. The maximum atomic E-state index is 12.3. The molecule has 0 unspecified atom stereocenters. The van der Waals surface area contributed by atoms with Crippen LogP contribution < -0.4 is 16.1 Å². The summed E-state index contributed by atoms with van der Waals surface area (Å²) in [5.74, 6) is 5.66. The summed E-state index contributed by atoms with van der Waals surface area (Å²) in [6, 6.07) is 8.72. The van der Waals surface area contributed by atoms with E-state index in [0.717, 1.165) is 25.1 Å². The van der Waals surface area contributed by atoms with Crippen molar-refractivity contribution in [2.75, 3.05) is 13.2 Å². The van der Waals surface area contributed by atoms with Gasteiger partial charge in [0.1, 0.15) is 11.8 Å². The van der Waals surface area contributed by atoms with E-state index in [-0.39, 0.29) is 12.2 Å². The first-order valence-electron chi connectivity index (χ1n) is 9.90. The summed E-state index contributed by atoms with van der Waals surface area (Å²) in [5, 5.41) is 32.6. The zero-order valence-corrected chi connectivity index (χ0v) is 17.2. The number of carbonyl (C=O) groups excluding carboxylic acids is 2. The second-order valence-electron chi connectivity index (χ2n) is 6.87. The van der Waals surface area contributed by atoms with Gasteiger partial charge in [0.2, 0.25) is 0 Å². The van der Waals surface area contributed by atoms with Crippen molar-refractivity contribution in [2.24, 2.45) is 0 Å². The first-order chi connectivity index (χ1) is 14.9. The van der Waals surface area contributed by atoms with Gasteiger partial charge in [0.05, 0.1) is 12.6 Å². The Hall–Kier alpha value is -3.16. The lowest BCUT2D eigenvalue weighted by molar-refractivity contribution is -0.133. The van der Waals surface area contributed by atoms with E-state index < -0.39 is 24.0 Å². The Labute approximate surface area is 180 Å². The molecule has 0 spiro atoms. The van der Waals surface area contributed by atoms with E-state index in [2.05, 4.69) is 22.5 Å². The fourth-order valence-corrected chi connectivity index (χ4v) is 2.65. The lowest BCUT2D eigenvalue weighted by Crippen LogP contribution is -2.51. The van der Waals surface area contributed by atoms with Gasteiger partial charge in [0.25, 0.3) is 11.8 Å². The third-order valence-electron chi connectivity index (χ3n) is 4.36. The molecule has 1 aromatic heterocycles. The van der Waals surface area contributed by atoms with Crippen LogP contribution in [0.1, 0.15) is 47.2 Å². The number of benzene rings is 1. The van der Waals surface area contributed by atoms with Gasteiger partial charge in [-0.05, 0) is 68.6 Å². The summed E-state index contributed by atoms with van der Waals surface area (Å²) in [6.45, 7) is 2.90. The molecule has 0 fully saturated rings. The highest BCUT2D eigenvalue weighted by atomic mass is 16.5. The molecule has 0 aliphatic rings. The normalized spacial score (nSPS) is 12.4. The van der Waals surface area contributed by atoms with E-state index in [1.807, 2.05) is 6.07 Å². The van der Waals surface area contributed by atoms with E-state index in [4.69, 9.17) is 14.7 Å². The molecule has 2 aromatic rings. The number of furan rings is 1. The third-order valence-corrected chi connectivity index (χ3v) is 4.36. The summed E-state index contributed by atoms with van der Waals surface area (Å²) in [5.41, 5.74) is 2.35. The Bertz CT molecular complexity index is 911. The highest BCUT2D eigenvalue weighted by Crippen LogP contribution is 2.08. The minimum atomic E-state index is -1.28. The molecule has 0 saturated carbocycles. The van der Waals surface area contributed by atoms with Crippen LogP contribution in [0.2, 0.25) is 0 Å². The van der Waals surface area contributed by atoms with Crippen LogP contribution in [-0.2, 0) is 11.3 Å². The van der Waals surface area contributed by atoms with Gasteiger partial charge in [0.15, 0.2) is 5.76 Å². The summed E-state index contributed by atoms with van der Waals surface area (Å²) in [4.78, 5) is 23.8. The summed E-state index contributed by atoms with van der Waals surface area (Å²) in [7, 11) is 0. The summed E-state index contributed by atoms with van der Waals surface area (Å²) in [6.07, 6.45) is 0.475. The topological polar surface area (TPSA) is 144 Å². The van der Waals surface area contributed by atoms with E-state index in [0.29, 0.717) is 17.9 Å². The third kappa shape index (κ3) is 7.88. The van der Waals surface area contributed by atoms with Crippen LogP contribution >= 0.6 is 0 Å². The van der Waals surface area contributed by atoms with Crippen molar-refractivity contribution in [3.63, 3.8) is 0 Å². The zero-order chi connectivity index (χ0) is 22.6. The minimum absolute atomic E-state index is 0.192. The van der Waals surface area contributed by atoms with E-state index in [1.165, 1.54) is 12.4 Å². The molecule has 0 aliphatic heterocycles. The van der Waals surface area contributed by atoms with E-state index in [1.54, 1.807) is 30.3 Å². The zero-order valence-electron chi connectivity index (χ0n) is 17.2. The Balaban J connectivity index is 1.92. The molecule has 166 valence electrons. The van der Waals surface area contributed by atoms with Crippen molar-refractivity contribution < 1.29 is 29.4 Å². The molecule has 2 atom stereocenters. The number of aliphatic hydroxyl groups excluding tert-OH is 2. The smallest absolute Gasteiger partial charge is 0.268 e. The Morgan fingerprint density at radius 2 is 1.84 bits per heavy atom. The maximum Gasteiger partial charge on any atom is 0.268 e. The second-order valence-corrected chi connectivity index (χ2v) is 6.87. The van der Waals surface area contributed by atoms with Crippen molar-refractivity contribution >= 4 is 11.8 Å². The predicted octanol–water partition coefficient (Wildman–Crippen LogP) is 0.526. The fourth-order valence-electron chi connectivity index (χ4n) is 2.65. The molecule has 2 rings (SSSR count). The van der Waals surface area contributed by atoms with Gasteiger partial charge in [-0.25, -0.2) is 5.48 Å². The quantitative estimate of drug-likeness (QED) is 0.140. The molecule has 0 aliphatic carbocycles. The molecular formula is C22H27N3O6. The van der Waals surface area contributed by atoms with Crippen molar-refractivity contribution in [2.45, 2.75) is 38.5 Å². The van der Waals surface area contributed by atoms with Crippen LogP contribution in [0.15, 0.2) is 40.8 Å². The lowest BCUT2D eigenvalue weighted by atomic mass is 10.1. The highest BCUT2D eigenvalue weighted by molar-refractivity contribution is 5.97. The van der Waals surface area contributed by atoms with Gasteiger partial charge in [0, 0.05) is 17.7 Å². The van der Waals surface area contributed by atoms with Crippen LogP contribution in [-0.4, -0.2) is 52.5 Å². The molecule has 6 N–H and O–H groups in total. The average molecular weight is 429 g/mol. The largest absolute Gasteiger partial charge is 0.451 e. The van der Waals surface area contributed by atoms with Crippen molar-refractivity contribution in [1.29, 1.82) is 0 Å². The molecule has 2 amide bonds. The Morgan fingerprint density at radius 3 is 2.48 bits per heavy atom. The minimum Gasteiger partial charge on any atom is -0.451 e. The van der Waals surface area contributed by atoms with Crippen LogP contribution in [0.3, 0.4) is 0 Å². The molecule has 31 heavy (non-hydrogen) atoms. The van der Waals surface area contributed by atoms with Gasteiger partial charge in [-0.1, -0.05) is 5.92 Å². The highest BCUT2D eigenvalue weighted by Gasteiger charge is 2.25. The molecule has 0 saturated heterocycles. The number of aliphatic hydroxyl groups is 2. The van der Waals surface area contributed by atoms with Crippen LogP contribution in [0.25, 0.3) is 0 Å². The number of nitrogens with one attached hydrogen (secondary N) is 3. The monoisotopic (exact) mass is 429 g/mol. The molecule has 0 radical (unpaired) electrons. The number of hydrogen-bond acceptors (Lipinski definition) is 7. The van der Waals surface area contributed by atoms with Gasteiger partial charge in [-0.15, -0.1) is 0 Å². The van der Waals surface area contributed by atoms with Crippen molar-refractivity contribution in [1.82, 2.24) is 16.1 Å². The first kappa shape index (κ1) is 24.1. The molecule has 1 aromatic carbocycles. The fraction of sp³-hybridized carbons (Fsp3) is 0.364. The molecular weight excluding hydrogens is 402 g/mol. The molecule has 9 nitrogen and oxygen atoms in total. The second kappa shape index (κ2) is 12.5. The predicted molar refractivity (Wildman–Crippen MR) is 112 cm³/mol. The van der Waals surface area contributed by atoms with Gasteiger partial charge in [-0.2, -0.15) is 0 Å². The molecule has 1 heterocycles. The average Bonchev–Trinajstić information content (AvgIpc) is 3.23. The summed E-state index contributed by atoms with van der Waals surface area (Å²) < 4.78 is 5.64. The number of amides is 2. The molecule has 0 bridgehead atoms. The van der Waals surface area contributed by atoms with E-state index in [9.17, 15) is 14.7 Å². The van der Waals surface area contributed by atoms with E-state index >= 15 is 0 Å². The number of hydrogen-bond donors (Lipinski definition) is 6. The van der Waals surface area contributed by atoms with Crippen LogP contribution in [0.4, 0.5) is 0 Å². The van der Waals surface area contributed by atoms with Crippen LogP contribution in [0, 0.1) is 11.8 Å². The number of carbonyl (C=O) groups is 2. The first-order valence-corrected chi connectivity index (χ1v) is 9.90. The SMILES string of the molecule is C[C@H](O)[C@H](NC(=O)c1ccc(C#Cc2ccc(CNCCCCO)o2)cc1)C(=O)NO. The standard InChI is InChI=1S/C22H27N3O6/c1-15(27)20(22(29)25-30)24-21(28)17-7-4-16(5-8-17)6-9-18-10-11-19(31-18)14-23-12-2-3-13-26/h4-5,7-8,10-11,15,20,23,26-27,30H,2-3,12-14H2,1H3,(H,24,28)(H,25,29)/t15-,20-/m0/s1. The summed E-state index contributed by atoms with van der Waals surface area (Å²) >= 11 is 0. The molecule has 9 heteroatoms. The van der Waals surface area contributed by atoms with Crippen LogP contribution in [0.5, 0.6) is 0 Å². The number of rotatable bonds is 10. The number of hydroxylamine groups is 1. The lowest BCUT2D eigenvalue weighted by Gasteiger charge is -2.19. The van der Waals surface area contributed by atoms with Crippen molar-refractivity contribution in [3.8, 4) is 11.8 Å². The van der Waals surface area contributed by atoms with Gasteiger partial charge >= 0.3 is 0 Å². The van der Waals surface area contributed by atoms with Crippen molar-refractivity contribution in [3.05, 3.63) is 59.0 Å². The number of unbranched alkanes of at least 4 members (excludes halogenated alkanes) is 1. The Morgan fingerprint density at radius 1 is 1.10 bits per heavy atom. The Kier molecular flexibility index (Phi) is 9.74.